The lowest BCUT2D eigenvalue weighted by atomic mass is 10.1. The van der Waals surface area contributed by atoms with Gasteiger partial charge in [-0.25, -0.2) is 4.79 Å². The van der Waals surface area contributed by atoms with Gasteiger partial charge in [-0.05, 0) is 60.9 Å². The van der Waals surface area contributed by atoms with E-state index in [4.69, 9.17) is 14.0 Å². The van der Waals surface area contributed by atoms with Crippen molar-refractivity contribution in [1.29, 1.82) is 0 Å². The Morgan fingerprint density at radius 3 is 2.44 bits per heavy atom. The molecule has 0 spiro atoms. The molecule has 0 aliphatic heterocycles. The van der Waals surface area contributed by atoms with Gasteiger partial charge in [-0.15, -0.1) is 0 Å². The summed E-state index contributed by atoms with van der Waals surface area (Å²) in [6, 6.07) is 21.0. The molecule has 4 rings (SSSR count). The third kappa shape index (κ3) is 6.02. The molecule has 0 saturated heterocycles. The van der Waals surface area contributed by atoms with Crippen molar-refractivity contribution in [2.45, 2.75) is 26.8 Å². The average Bonchev–Trinajstić information content (AvgIpc) is 3.38. The number of rotatable bonds is 9. The monoisotopic (exact) mass is 486 g/mol. The molecule has 8 heteroatoms. The van der Waals surface area contributed by atoms with Gasteiger partial charge in [-0.2, -0.15) is 4.98 Å². The number of carbonyl (C=O) groups excluding carboxylic acids is 1. The number of nitrogens with zero attached hydrogens (tertiary/aromatic N) is 3. The second kappa shape index (κ2) is 11.4. The molecule has 0 radical (unpaired) electrons. The molecule has 4 aromatic rings. The molecule has 0 saturated carbocycles. The first-order chi connectivity index (χ1) is 17.5. The van der Waals surface area contributed by atoms with Crippen LogP contribution in [0.3, 0.4) is 0 Å². The average molecular weight is 487 g/mol. The number of aromatic nitrogens is 2. The highest BCUT2D eigenvalue weighted by Crippen LogP contribution is 2.31. The minimum absolute atomic E-state index is 0.193. The summed E-state index contributed by atoms with van der Waals surface area (Å²) < 4.78 is 16.1. The fourth-order valence-corrected chi connectivity index (χ4v) is 3.76. The highest BCUT2D eigenvalue weighted by Gasteiger charge is 2.18. The van der Waals surface area contributed by atoms with Crippen molar-refractivity contribution < 1.29 is 18.8 Å². The number of aryl methyl sites for hydroxylation is 2. The van der Waals surface area contributed by atoms with Crippen molar-refractivity contribution in [2.24, 2.45) is 0 Å². The van der Waals surface area contributed by atoms with Crippen LogP contribution in [0.25, 0.3) is 11.4 Å². The number of carbonyl (C=O) groups is 1. The molecule has 3 aromatic carbocycles. The summed E-state index contributed by atoms with van der Waals surface area (Å²) in [5.74, 6) is 2.09. The van der Waals surface area contributed by atoms with Crippen LogP contribution < -0.4 is 14.8 Å². The third-order valence-electron chi connectivity index (χ3n) is 5.97. The first-order valence-electron chi connectivity index (χ1n) is 11.7. The maximum atomic E-state index is 13.2. The van der Waals surface area contributed by atoms with E-state index in [0.29, 0.717) is 42.7 Å². The number of benzene rings is 3. The zero-order valence-corrected chi connectivity index (χ0v) is 20.9. The van der Waals surface area contributed by atoms with Crippen LogP contribution in [0.5, 0.6) is 11.5 Å². The quantitative estimate of drug-likeness (QED) is 0.329. The van der Waals surface area contributed by atoms with Crippen molar-refractivity contribution in [3.8, 4) is 22.9 Å². The van der Waals surface area contributed by atoms with E-state index >= 15 is 0 Å². The second-order valence-electron chi connectivity index (χ2n) is 8.47. The number of hydrogen-bond donors (Lipinski definition) is 1. The molecule has 1 aromatic heterocycles. The Hall–Kier alpha value is -4.33. The molecular formula is C28H30N4O4. The van der Waals surface area contributed by atoms with Crippen LogP contribution in [0, 0.1) is 13.8 Å². The Morgan fingerprint density at radius 2 is 1.72 bits per heavy atom. The predicted octanol–water partition coefficient (Wildman–Crippen LogP) is 5.65. The van der Waals surface area contributed by atoms with Crippen LogP contribution in [-0.4, -0.2) is 41.8 Å². The summed E-state index contributed by atoms with van der Waals surface area (Å²) >= 11 is 0. The first-order valence-corrected chi connectivity index (χ1v) is 11.7. The van der Waals surface area contributed by atoms with Gasteiger partial charge >= 0.3 is 6.03 Å². The lowest BCUT2D eigenvalue weighted by molar-refractivity contribution is 0.207. The maximum absolute atomic E-state index is 13.2. The van der Waals surface area contributed by atoms with Gasteiger partial charge in [0.2, 0.25) is 11.7 Å². The van der Waals surface area contributed by atoms with E-state index in [1.54, 1.807) is 31.3 Å². The largest absolute Gasteiger partial charge is 0.493 e. The Kier molecular flexibility index (Phi) is 7.85. The van der Waals surface area contributed by atoms with Crippen molar-refractivity contribution in [2.75, 3.05) is 26.1 Å². The van der Waals surface area contributed by atoms with E-state index in [-0.39, 0.29) is 6.03 Å². The lowest BCUT2D eigenvalue weighted by Gasteiger charge is -2.23. The first kappa shape index (κ1) is 24.8. The van der Waals surface area contributed by atoms with Crippen LogP contribution >= 0.6 is 0 Å². The maximum Gasteiger partial charge on any atom is 0.322 e. The van der Waals surface area contributed by atoms with Crippen LogP contribution in [0.1, 0.15) is 22.6 Å². The number of anilines is 1. The van der Waals surface area contributed by atoms with Crippen molar-refractivity contribution >= 4 is 11.7 Å². The summed E-state index contributed by atoms with van der Waals surface area (Å²) in [4.78, 5) is 19.5. The van der Waals surface area contributed by atoms with E-state index < -0.39 is 0 Å². The van der Waals surface area contributed by atoms with E-state index in [1.165, 1.54) is 5.56 Å². The Labute approximate surface area is 210 Å². The van der Waals surface area contributed by atoms with E-state index in [2.05, 4.69) is 15.5 Å². The summed E-state index contributed by atoms with van der Waals surface area (Å²) in [7, 11) is 3.16. The number of ether oxygens (including phenoxy) is 2. The fourth-order valence-electron chi connectivity index (χ4n) is 3.76. The summed E-state index contributed by atoms with van der Waals surface area (Å²) in [6.45, 7) is 4.93. The molecule has 1 heterocycles. The zero-order valence-electron chi connectivity index (χ0n) is 20.9. The van der Waals surface area contributed by atoms with Gasteiger partial charge in [0.05, 0.1) is 14.2 Å². The van der Waals surface area contributed by atoms with Crippen LogP contribution in [0.15, 0.2) is 71.3 Å². The smallest absolute Gasteiger partial charge is 0.322 e. The molecule has 0 unspecified atom stereocenters. The Bertz CT molecular complexity index is 1320. The summed E-state index contributed by atoms with van der Waals surface area (Å²) in [5, 5.41) is 7.12. The highest BCUT2D eigenvalue weighted by molar-refractivity contribution is 5.89. The molecular weight excluding hydrogens is 456 g/mol. The van der Waals surface area contributed by atoms with E-state index in [9.17, 15) is 4.79 Å². The fraction of sp³-hybridized carbons (Fsp3) is 0.250. The van der Waals surface area contributed by atoms with Gasteiger partial charge in [-0.3, -0.25) is 0 Å². The topological polar surface area (TPSA) is 89.7 Å². The summed E-state index contributed by atoms with van der Waals surface area (Å²) in [6.07, 6.45) is 0.410. The SMILES string of the molecule is COc1ccc(-c2noc(CCN(Cc3ccccc3)C(=O)Nc3ccc(C)c(C)c3)n2)cc1OC. The van der Waals surface area contributed by atoms with Crippen molar-refractivity contribution in [1.82, 2.24) is 15.0 Å². The third-order valence-corrected chi connectivity index (χ3v) is 5.97. The van der Waals surface area contributed by atoms with Crippen LogP contribution in [-0.2, 0) is 13.0 Å². The van der Waals surface area contributed by atoms with E-state index in [0.717, 1.165) is 22.4 Å². The van der Waals surface area contributed by atoms with Crippen LogP contribution in [0.4, 0.5) is 10.5 Å². The molecule has 0 atom stereocenters. The molecule has 8 nitrogen and oxygen atoms in total. The van der Waals surface area contributed by atoms with E-state index in [1.807, 2.05) is 68.4 Å². The molecule has 186 valence electrons. The molecule has 36 heavy (non-hydrogen) atoms. The number of hydrogen-bond acceptors (Lipinski definition) is 6. The zero-order chi connectivity index (χ0) is 25.5. The van der Waals surface area contributed by atoms with Crippen LogP contribution in [0.2, 0.25) is 0 Å². The number of methoxy groups -OCH3 is 2. The molecule has 0 fully saturated rings. The standard InChI is InChI=1S/C28H30N4O4/c1-19-10-12-23(16-20(19)2)29-28(33)32(18-21-8-6-5-7-9-21)15-14-26-30-27(31-36-26)22-11-13-24(34-3)25(17-22)35-4/h5-13,16-17H,14-15,18H2,1-4H3,(H,29,33). The highest BCUT2D eigenvalue weighted by atomic mass is 16.5. The van der Waals surface area contributed by atoms with Gasteiger partial charge in [0.25, 0.3) is 0 Å². The van der Waals surface area contributed by atoms with Gasteiger partial charge in [0.1, 0.15) is 0 Å². The molecule has 0 bridgehead atoms. The molecule has 1 N–H and O–H groups in total. The molecule has 0 aliphatic carbocycles. The second-order valence-corrected chi connectivity index (χ2v) is 8.47. The number of urea groups is 1. The van der Waals surface area contributed by atoms with Crippen molar-refractivity contribution in [3.05, 3.63) is 89.3 Å². The van der Waals surface area contributed by atoms with Gasteiger partial charge in [0.15, 0.2) is 11.5 Å². The van der Waals surface area contributed by atoms with Gasteiger partial charge in [0, 0.05) is 30.8 Å². The molecule has 2 amide bonds. The number of amides is 2. The summed E-state index contributed by atoms with van der Waals surface area (Å²) in [5.41, 5.74) is 4.84. The molecule has 0 aliphatic rings. The van der Waals surface area contributed by atoms with Crippen molar-refractivity contribution in [3.63, 3.8) is 0 Å². The number of nitrogens with one attached hydrogen (secondary N) is 1. The lowest BCUT2D eigenvalue weighted by Crippen LogP contribution is -2.36. The van der Waals surface area contributed by atoms with Gasteiger partial charge in [-0.1, -0.05) is 41.6 Å². The normalized spacial score (nSPS) is 10.7. The minimum Gasteiger partial charge on any atom is -0.493 e. The minimum atomic E-state index is -0.193. The Balaban J connectivity index is 1.48. The van der Waals surface area contributed by atoms with Gasteiger partial charge < -0.3 is 24.2 Å². The predicted molar refractivity (Wildman–Crippen MR) is 138 cm³/mol. The Morgan fingerprint density at radius 1 is 0.944 bits per heavy atom.